The van der Waals surface area contributed by atoms with Crippen molar-refractivity contribution in [2.45, 2.75) is 32.4 Å². The van der Waals surface area contributed by atoms with E-state index in [0.717, 1.165) is 24.0 Å². The summed E-state index contributed by atoms with van der Waals surface area (Å²) in [5.41, 5.74) is 2.89. The van der Waals surface area contributed by atoms with E-state index >= 15 is 0 Å². The van der Waals surface area contributed by atoms with E-state index in [1.165, 1.54) is 0 Å². The van der Waals surface area contributed by atoms with E-state index in [9.17, 15) is 4.79 Å². The van der Waals surface area contributed by atoms with Gasteiger partial charge in [-0.1, -0.05) is 23.7 Å². The lowest BCUT2D eigenvalue weighted by Crippen LogP contribution is -2.33. The third-order valence-corrected chi connectivity index (χ3v) is 4.90. The minimum absolute atomic E-state index is 0.0236. The van der Waals surface area contributed by atoms with Crippen LogP contribution in [0, 0.1) is 0 Å². The summed E-state index contributed by atoms with van der Waals surface area (Å²) in [6, 6.07) is 14.8. The topological polar surface area (TPSA) is 73.0 Å². The monoisotopic (exact) mass is 408 g/mol. The van der Waals surface area contributed by atoms with E-state index in [1.54, 1.807) is 18.3 Å². The number of amides is 1. The molecule has 1 amide bonds. The van der Waals surface area contributed by atoms with Gasteiger partial charge in [0.25, 0.3) is 5.91 Å². The van der Waals surface area contributed by atoms with Gasteiger partial charge in [0.05, 0.1) is 0 Å². The standard InChI is InChI=1S/C22H21ClN4O2/c1-15(8-11-27-10-3-9-24-27)25-22(28)17-6-7-19-20(14-17)29-21(26-19)13-16-4-2-5-18(23)12-16/h2-7,9-10,12,14-15H,8,11,13H2,1H3,(H,25,28)/t15-/m1/s1. The van der Waals surface area contributed by atoms with Gasteiger partial charge in [0.2, 0.25) is 0 Å². The normalized spacial score (nSPS) is 12.2. The Morgan fingerprint density at radius 2 is 2.14 bits per heavy atom. The number of hydrogen-bond donors (Lipinski definition) is 1. The van der Waals surface area contributed by atoms with Crippen LogP contribution in [0.2, 0.25) is 5.02 Å². The molecule has 2 heterocycles. The number of aryl methyl sites for hydroxylation is 1. The molecular weight excluding hydrogens is 388 g/mol. The summed E-state index contributed by atoms with van der Waals surface area (Å²) in [5.74, 6) is 0.458. The zero-order chi connectivity index (χ0) is 20.2. The second-order valence-electron chi connectivity index (χ2n) is 7.03. The average molecular weight is 409 g/mol. The van der Waals surface area contributed by atoms with Crippen LogP contribution in [0.15, 0.2) is 65.3 Å². The predicted molar refractivity (Wildman–Crippen MR) is 112 cm³/mol. The lowest BCUT2D eigenvalue weighted by Gasteiger charge is -2.13. The van der Waals surface area contributed by atoms with Gasteiger partial charge in [0, 0.05) is 42.0 Å². The zero-order valence-electron chi connectivity index (χ0n) is 16.0. The van der Waals surface area contributed by atoms with Crippen molar-refractivity contribution in [3.05, 3.63) is 83.0 Å². The lowest BCUT2D eigenvalue weighted by molar-refractivity contribution is 0.0937. The molecular formula is C22H21ClN4O2. The Morgan fingerprint density at radius 3 is 2.93 bits per heavy atom. The molecule has 2 aromatic carbocycles. The molecule has 0 radical (unpaired) electrons. The van der Waals surface area contributed by atoms with E-state index < -0.39 is 0 Å². The largest absolute Gasteiger partial charge is 0.440 e. The first kappa shape index (κ1) is 19.2. The number of fused-ring (bicyclic) bond motifs is 1. The summed E-state index contributed by atoms with van der Waals surface area (Å²) in [5, 5.41) is 7.87. The number of hydrogen-bond acceptors (Lipinski definition) is 4. The smallest absolute Gasteiger partial charge is 0.251 e. The highest BCUT2D eigenvalue weighted by atomic mass is 35.5. The Balaban J connectivity index is 1.41. The van der Waals surface area contributed by atoms with Gasteiger partial charge in [-0.2, -0.15) is 5.10 Å². The molecule has 6 nitrogen and oxygen atoms in total. The summed E-state index contributed by atoms with van der Waals surface area (Å²) < 4.78 is 7.71. The quantitative estimate of drug-likeness (QED) is 0.489. The average Bonchev–Trinajstić information content (AvgIpc) is 3.35. The highest BCUT2D eigenvalue weighted by Crippen LogP contribution is 2.21. The minimum atomic E-state index is -0.132. The van der Waals surface area contributed by atoms with Crippen molar-refractivity contribution >= 4 is 28.6 Å². The van der Waals surface area contributed by atoms with Gasteiger partial charge < -0.3 is 9.73 Å². The number of nitrogens with zero attached hydrogens (tertiary/aromatic N) is 3. The Morgan fingerprint density at radius 1 is 1.24 bits per heavy atom. The van der Waals surface area contributed by atoms with Crippen molar-refractivity contribution in [3.8, 4) is 0 Å². The van der Waals surface area contributed by atoms with Crippen LogP contribution in [-0.2, 0) is 13.0 Å². The molecule has 4 aromatic rings. The van der Waals surface area contributed by atoms with Gasteiger partial charge in [0.15, 0.2) is 11.5 Å². The summed E-state index contributed by atoms with van der Waals surface area (Å²) in [4.78, 5) is 17.1. The minimum Gasteiger partial charge on any atom is -0.440 e. The molecule has 0 saturated carbocycles. The molecule has 7 heteroatoms. The predicted octanol–water partition coefficient (Wildman–Crippen LogP) is 4.48. The molecule has 0 aliphatic heterocycles. The number of nitrogens with one attached hydrogen (secondary N) is 1. The fourth-order valence-electron chi connectivity index (χ4n) is 3.15. The molecule has 0 aliphatic rings. The highest BCUT2D eigenvalue weighted by molar-refractivity contribution is 6.30. The second kappa shape index (κ2) is 8.49. The molecule has 1 N–H and O–H groups in total. The second-order valence-corrected chi connectivity index (χ2v) is 7.47. The van der Waals surface area contributed by atoms with Crippen LogP contribution in [0.5, 0.6) is 0 Å². The molecule has 0 saturated heterocycles. The third kappa shape index (κ3) is 4.84. The fraction of sp³-hybridized carbons (Fsp3) is 0.227. The first-order valence-electron chi connectivity index (χ1n) is 9.49. The van der Waals surface area contributed by atoms with Crippen LogP contribution in [0.4, 0.5) is 0 Å². The van der Waals surface area contributed by atoms with E-state index in [2.05, 4.69) is 15.4 Å². The first-order valence-corrected chi connectivity index (χ1v) is 9.87. The zero-order valence-corrected chi connectivity index (χ0v) is 16.8. The highest BCUT2D eigenvalue weighted by Gasteiger charge is 2.13. The van der Waals surface area contributed by atoms with Crippen LogP contribution in [0.25, 0.3) is 11.1 Å². The first-order chi connectivity index (χ1) is 14.1. The van der Waals surface area contributed by atoms with Gasteiger partial charge >= 0.3 is 0 Å². The lowest BCUT2D eigenvalue weighted by atomic mass is 10.1. The van der Waals surface area contributed by atoms with Crippen LogP contribution >= 0.6 is 11.6 Å². The Bertz CT molecular complexity index is 1120. The fourth-order valence-corrected chi connectivity index (χ4v) is 3.36. The number of benzene rings is 2. The van der Waals surface area contributed by atoms with Crippen molar-refractivity contribution in [1.82, 2.24) is 20.1 Å². The molecule has 0 fully saturated rings. The Hall–Kier alpha value is -3.12. The van der Waals surface area contributed by atoms with Gasteiger partial charge in [-0.25, -0.2) is 4.98 Å². The van der Waals surface area contributed by atoms with Gasteiger partial charge in [0.1, 0.15) is 5.52 Å². The number of oxazole rings is 1. The number of carbonyl (C=O) groups excluding carboxylic acids is 1. The maximum Gasteiger partial charge on any atom is 0.251 e. The molecule has 0 spiro atoms. The van der Waals surface area contributed by atoms with Crippen LogP contribution < -0.4 is 5.32 Å². The van der Waals surface area contributed by atoms with Crippen molar-refractivity contribution in [2.75, 3.05) is 0 Å². The van der Waals surface area contributed by atoms with Gasteiger partial charge in [-0.05, 0) is 55.3 Å². The molecule has 2 aromatic heterocycles. The van der Waals surface area contributed by atoms with Gasteiger partial charge in [-0.3, -0.25) is 9.48 Å². The van der Waals surface area contributed by atoms with Gasteiger partial charge in [-0.15, -0.1) is 0 Å². The Kier molecular flexibility index (Phi) is 5.62. The maximum atomic E-state index is 12.6. The van der Waals surface area contributed by atoms with Crippen LogP contribution in [-0.4, -0.2) is 26.7 Å². The van der Waals surface area contributed by atoms with E-state index in [1.807, 2.05) is 54.2 Å². The molecule has 148 valence electrons. The molecule has 1 atom stereocenters. The van der Waals surface area contributed by atoms with Crippen molar-refractivity contribution in [2.24, 2.45) is 0 Å². The van der Waals surface area contributed by atoms with Crippen molar-refractivity contribution in [1.29, 1.82) is 0 Å². The number of rotatable bonds is 7. The summed E-state index contributed by atoms with van der Waals surface area (Å²) in [6.07, 6.45) is 4.99. The number of halogens is 1. The van der Waals surface area contributed by atoms with E-state index in [4.69, 9.17) is 16.0 Å². The summed E-state index contributed by atoms with van der Waals surface area (Å²) in [6.45, 7) is 2.74. The molecule has 29 heavy (non-hydrogen) atoms. The maximum absolute atomic E-state index is 12.6. The van der Waals surface area contributed by atoms with Crippen LogP contribution in [0.1, 0.15) is 35.2 Å². The van der Waals surface area contributed by atoms with E-state index in [-0.39, 0.29) is 11.9 Å². The Labute approximate surface area is 173 Å². The summed E-state index contributed by atoms with van der Waals surface area (Å²) >= 11 is 6.04. The van der Waals surface area contributed by atoms with Crippen LogP contribution in [0.3, 0.4) is 0 Å². The molecule has 0 aliphatic carbocycles. The third-order valence-electron chi connectivity index (χ3n) is 4.67. The molecule has 0 bridgehead atoms. The van der Waals surface area contributed by atoms with Crippen molar-refractivity contribution in [3.63, 3.8) is 0 Å². The SMILES string of the molecule is C[C@H](CCn1cccn1)NC(=O)c1ccc2nc(Cc3cccc(Cl)c3)oc2c1. The summed E-state index contributed by atoms with van der Waals surface area (Å²) in [7, 11) is 0. The number of aromatic nitrogens is 3. The molecule has 4 rings (SSSR count). The van der Waals surface area contributed by atoms with E-state index in [0.29, 0.717) is 28.5 Å². The number of carbonyl (C=O) groups is 1. The molecule has 0 unspecified atom stereocenters. The van der Waals surface area contributed by atoms with Crippen molar-refractivity contribution < 1.29 is 9.21 Å².